The van der Waals surface area contributed by atoms with Crippen LogP contribution in [0.1, 0.15) is 13.8 Å². The van der Waals surface area contributed by atoms with Gasteiger partial charge >= 0.3 is 0 Å². The van der Waals surface area contributed by atoms with Gasteiger partial charge in [-0.3, -0.25) is 0 Å². The van der Waals surface area contributed by atoms with E-state index in [9.17, 15) is 4.39 Å². The van der Waals surface area contributed by atoms with Crippen molar-refractivity contribution in [3.63, 3.8) is 0 Å². The normalized spacial score (nSPS) is 15.5. The van der Waals surface area contributed by atoms with E-state index in [1.165, 1.54) is 6.07 Å². The fourth-order valence-corrected chi connectivity index (χ4v) is 2.57. The Bertz CT molecular complexity index is 432. The van der Waals surface area contributed by atoms with E-state index in [4.69, 9.17) is 4.74 Å². The van der Waals surface area contributed by atoms with Crippen molar-refractivity contribution in [3.8, 4) is 5.75 Å². The summed E-state index contributed by atoms with van der Waals surface area (Å²) < 4.78 is 19.9. The second kappa shape index (κ2) is 8.20. The van der Waals surface area contributed by atoms with E-state index >= 15 is 0 Å². The van der Waals surface area contributed by atoms with Gasteiger partial charge in [0.1, 0.15) is 18.2 Å². The quantitative estimate of drug-likeness (QED) is 0.832. The molecule has 1 fully saturated rings. The summed E-state index contributed by atoms with van der Waals surface area (Å²) in [6.07, 6.45) is 0. The van der Waals surface area contributed by atoms with Crippen LogP contribution >= 0.6 is 0 Å². The van der Waals surface area contributed by atoms with Crippen molar-refractivity contribution >= 4 is 5.69 Å². The van der Waals surface area contributed by atoms with Crippen LogP contribution in [0.25, 0.3) is 0 Å². The molecule has 0 spiro atoms. The molecule has 0 bridgehead atoms. The summed E-state index contributed by atoms with van der Waals surface area (Å²) in [6, 6.07) is 5.19. The summed E-state index contributed by atoms with van der Waals surface area (Å²) in [5, 5.41) is 3.27. The molecule has 0 amide bonds. The molecule has 5 heteroatoms. The summed E-state index contributed by atoms with van der Waals surface area (Å²) >= 11 is 0. The van der Waals surface area contributed by atoms with Gasteiger partial charge in [-0.05, 0) is 25.2 Å². The SMILES string of the molecule is CCN(CC)CCOc1ccc(N2CCNCC2)c(F)c1. The average Bonchev–Trinajstić information content (AvgIpc) is 2.52. The monoisotopic (exact) mass is 295 g/mol. The van der Waals surface area contributed by atoms with Crippen LogP contribution in [-0.2, 0) is 0 Å². The molecule has 1 aromatic carbocycles. The lowest BCUT2D eigenvalue weighted by molar-refractivity contribution is 0.222. The van der Waals surface area contributed by atoms with Crippen molar-refractivity contribution in [3.05, 3.63) is 24.0 Å². The Hall–Kier alpha value is -1.33. The zero-order valence-corrected chi connectivity index (χ0v) is 13.1. The van der Waals surface area contributed by atoms with Gasteiger partial charge in [0.25, 0.3) is 0 Å². The molecule has 0 radical (unpaired) electrons. The molecule has 1 aromatic rings. The van der Waals surface area contributed by atoms with Crippen molar-refractivity contribution in [1.29, 1.82) is 0 Å². The summed E-state index contributed by atoms with van der Waals surface area (Å²) in [4.78, 5) is 4.36. The lowest BCUT2D eigenvalue weighted by Gasteiger charge is -2.29. The highest BCUT2D eigenvalue weighted by Crippen LogP contribution is 2.24. The molecule has 21 heavy (non-hydrogen) atoms. The van der Waals surface area contributed by atoms with Crippen molar-refractivity contribution in [1.82, 2.24) is 10.2 Å². The molecule has 0 atom stereocenters. The Morgan fingerprint density at radius 1 is 1.24 bits per heavy atom. The predicted octanol–water partition coefficient (Wildman–Crippen LogP) is 1.96. The van der Waals surface area contributed by atoms with E-state index in [1.54, 1.807) is 0 Å². The van der Waals surface area contributed by atoms with Crippen LogP contribution in [-0.4, -0.2) is 57.3 Å². The van der Waals surface area contributed by atoms with Crippen LogP contribution in [0.3, 0.4) is 0 Å². The van der Waals surface area contributed by atoms with E-state index < -0.39 is 0 Å². The molecule has 1 aliphatic rings. The third-order valence-corrected chi connectivity index (χ3v) is 3.95. The van der Waals surface area contributed by atoms with Gasteiger partial charge in [0, 0.05) is 38.8 Å². The number of rotatable bonds is 7. The molecule has 1 heterocycles. The first kappa shape index (κ1) is 16.0. The Kier molecular flexibility index (Phi) is 6.26. The molecule has 0 aliphatic carbocycles. The molecule has 2 rings (SSSR count). The van der Waals surface area contributed by atoms with E-state index in [1.807, 2.05) is 12.1 Å². The molecule has 1 N–H and O–H groups in total. The second-order valence-electron chi connectivity index (χ2n) is 5.23. The van der Waals surface area contributed by atoms with Crippen LogP contribution in [0.15, 0.2) is 18.2 Å². The lowest BCUT2D eigenvalue weighted by Crippen LogP contribution is -2.43. The summed E-state index contributed by atoms with van der Waals surface area (Å²) in [7, 11) is 0. The molecule has 0 unspecified atom stereocenters. The first-order valence-electron chi connectivity index (χ1n) is 7.85. The predicted molar refractivity (Wildman–Crippen MR) is 84.8 cm³/mol. The molecule has 1 aliphatic heterocycles. The largest absolute Gasteiger partial charge is 0.492 e. The van der Waals surface area contributed by atoms with Gasteiger partial charge < -0.3 is 19.9 Å². The first-order chi connectivity index (χ1) is 10.2. The highest BCUT2D eigenvalue weighted by atomic mass is 19.1. The molecule has 1 saturated heterocycles. The summed E-state index contributed by atoms with van der Waals surface area (Å²) in [5.74, 6) is 0.413. The smallest absolute Gasteiger partial charge is 0.150 e. The molecular weight excluding hydrogens is 269 g/mol. The van der Waals surface area contributed by atoms with Crippen molar-refractivity contribution in [2.45, 2.75) is 13.8 Å². The zero-order chi connectivity index (χ0) is 15.1. The number of ether oxygens (including phenoxy) is 1. The highest BCUT2D eigenvalue weighted by molar-refractivity contribution is 5.51. The maximum atomic E-state index is 14.2. The number of piperazine rings is 1. The number of nitrogens with one attached hydrogen (secondary N) is 1. The Morgan fingerprint density at radius 3 is 2.57 bits per heavy atom. The summed E-state index contributed by atoms with van der Waals surface area (Å²) in [5.41, 5.74) is 0.674. The van der Waals surface area contributed by atoms with E-state index in [0.717, 1.165) is 45.8 Å². The molecule has 0 saturated carbocycles. The fraction of sp³-hybridized carbons (Fsp3) is 0.625. The van der Waals surface area contributed by atoms with E-state index in [2.05, 4.69) is 29.0 Å². The molecule has 118 valence electrons. The minimum absolute atomic E-state index is 0.197. The number of hydrogen-bond donors (Lipinski definition) is 1. The van der Waals surface area contributed by atoms with Crippen LogP contribution in [0.4, 0.5) is 10.1 Å². The van der Waals surface area contributed by atoms with Crippen LogP contribution in [0.2, 0.25) is 0 Å². The van der Waals surface area contributed by atoms with Gasteiger partial charge in [-0.15, -0.1) is 0 Å². The van der Waals surface area contributed by atoms with Crippen molar-refractivity contribution in [2.24, 2.45) is 0 Å². The standard InChI is InChI=1S/C16H26FN3O/c1-3-19(4-2)11-12-21-14-5-6-16(15(17)13-14)20-9-7-18-8-10-20/h5-6,13,18H,3-4,7-12H2,1-2H3. The second-order valence-corrected chi connectivity index (χ2v) is 5.23. The number of benzene rings is 1. The van der Waals surface area contributed by atoms with Gasteiger partial charge in [-0.1, -0.05) is 13.8 Å². The van der Waals surface area contributed by atoms with Crippen LogP contribution in [0, 0.1) is 5.82 Å². The van der Waals surface area contributed by atoms with E-state index in [-0.39, 0.29) is 5.82 Å². The Morgan fingerprint density at radius 2 is 1.95 bits per heavy atom. The minimum atomic E-state index is -0.197. The van der Waals surface area contributed by atoms with Gasteiger partial charge in [-0.2, -0.15) is 0 Å². The van der Waals surface area contributed by atoms with Gasteiger partial charge in [0.15, 0.2) is 0 Å². The fourth-order valence-electron chi connectivity index (χ4n) is 2.57. The number of nitrogens with zero attached hydrogens (tertiary/aromatic N) is 2. The average molecular weight is 295 g/mol. The summed E-state index contributed by atoms with van der Waals surface area (Å²) in [6.45, 7) is 11.2. The topological polar surface area (TPSA) is 27.7 Å². The third-order valence-electron chi connectivity index (χ3n) is 3.95. The van der Waals surface area contributed by atoms with Crippen molar-refractivity contribution in [2.75, 3.05) is 57.3 Å². The number of halogens is 1. The van der Waals surface area contributed by atoms with Crippen LogP contribution in [0.5, 0.6) is 5.75 Å². The number of likely N-dealkylation sites (N-methyl/N-ethyl adjacent to an activating group) is 1. The lowest BCUT2D eigenvalue weighted by atomic mass is 10.2. The maximum absolute atomic E-state index is 14.2. The number of hydrogen-bond acceptors (Lipinski definition) is 4. The highest BCUT2D eigenvalue weighted by Gasteiger charge is 2.14. The maximum Gasteiger partial charge on any atom is 0.150 e. The first-order valence-corrected chi connectivity index (χ1v) is 7.85. The van der Waals surface area contributed by atoms with E-state index in [0.29, 0.717) is 18.0 Å². The van der Waals surface area contributed by atoms with Crippen LogP contribution < -0.4 is 15.0 Å². The molecule has 0 aromatic heterocycles. The molecule has 4 nitrogen and oxygen atoms in total. The Balaban J connectivity index is 1.89. The van der Waals surface area contributed by atoms with Crippen molar-refractivity contribution < 1.29 is 9.13 Å². The van der Waals surface area contributed by atoms with Gasteiger partial charge in [0.2, 0.25) is 0 Å². The minimum Gasteiger partial charge on any atom is -0.492 e. The zero-order valence-electron chi connectivity index (χ0n) is 13.1. The molecular formula is C16H26FN3O. The Labute approximate surface area is 126 Å². The number of anilines is 1. The van der Waals surface area contributed by atoms with Gasteiger partial charge in [0.05, 0.1) is 5.69 Å². The third kappa shape index (κ3) is 4.58. The van der Waals surface area contributed by atoms with Gasteiger partial charge in [-0.25, -0.2) is 4.39 Å².